The van der Waals surface area contributed by atoms with E-state index >= 15 is 0 Å². The summed E-state index contributed by atoms with van der Waals surface area (Å²) in [6.07, 6.45) is 0.288. The Bertz CT molecular complexity index is 702. The van der Waals surface area contributed by atoms with Crippen molar-refractivity contribution in [3.05, 3.63) is 64.1 Å². The number of amides is 1. The van der Waals surface area contributed by atoms with Gasteiger partial charge in [-0.3, -0.25) is 4.79 Å². The molecule has 0 bridgehead atoms. The Morgan fingerprint density at radius 3 is 2.57 bits per heavy atom. The summed E-state index contributed by atoms with van der Waals surface area (Å²) in [5, 5.41) is 13.8. The van der Waals surface area contributed by atoms with Crippen LogP contribution in [-0.2, 0) is 4.79 Å². The third-order valence-corrected chi connectivity index (χ3v) is 3.84. The zero-order chi connectivity index (χ0) is 16.8. The van der Waals surface area contributed by atoms with Gasteiger partial charge in [-0.05, 0) is 39.2 Å². The standard InChI is InChI=1S/C17H18BrN3O2/c1-21(2)15-9-8-12(10-14(15)18)11-19-20-17(23)16(22)13-6-4-3-5-7-13/h3-11,16,22H,1-2H3,(H,20,23)/b19-11-/t16-/m1/s1. The van der Waals surface area contributed by atoms with Crippen molar-refractivity contribution in [2.45, 2.75) is 6.10 Å². The molecule has 0 spiro atoms. The fourth-order valence-electron chi connectivity index (χ4n) is 1.98. The number of benzene rings is 2. The number of carbonyl (C=O) groups is 1. The molecule has 120 valence electrons. The monoisotopic (exact) mass is 375 g/mol. The second kappa shape index (κ2) is 7.89. The van der Waals surface area contributed by atoms with E-state index in [1.807, 2.05) is 43.3 Å². The first kappa shape index (κ1) is 17.2. The summed E-state index contributed by atoms with van der Waals surface area (Å²) in [6, 6.07) is 14.5. The Morgan fingerprint density at radius 2 is 1.96 bits per heavy atom. The first-order chi connectivity index (χ1) is 11.0. The van der Waals surface area contributed by atoms with Crippen molar-refractivity contribution in [2.24, 2.45) is 5.10 Å². The van der Waals surface area contributed by atoms with Gasteiger partial charge in [0.2, 0.25) is 0 Å². The summed E-state index contributed by atoms with van der Waals surface area (Å²) >= 11 is 3.49. The van der Waals surface area contributed by atoms with E-state index in [2.05, 4.69) is 26.5 Å². The van der Waals surface area contributed by atoms with Gasteiger partial charge >= 0.3 is 0 Å². The van der Waals surface area contributed by atoms with E-state index < -0.39 is 12.0 Å². The molecule has 23 heavy (non-hydrogen) atoms. The molecule has 6 heteroatoms. The molecule has 0 unspecified atom stereocenters. The summed E-state index contributed by atoms with van der Waals surface area (Å²) in [5.74, 6) is -0.573. The topological polar surface area (TPSA) is 64.9 Å². The van der Waals surface area contributed by atoms with Crippen LogP contribution in [0.5, 0.6) is 0 Å². The van der Waals surface area contributed by atoms with Gasteiger partial charge in [-0.15, -0.1) is 0 Å². The number of nitrogens with one attached hydrogen (secondary N) is 1. The zero-order valence-corrected chi connectivity index (χ0v) is 14.5. The van der Waals surface area contributed by atoms with Crippen molar-refractivity contribution in [1.82, 2.24) is 5.43 Å². The summed E-state index contributed by atoms with van der Waals surface area (Å²) in [7, 11) is 3.91. The normalized spacial score (nSPS) is 12.2. The minimum atomic E-state index is -1.24. The smallest absolute Gasteiger partial charge is 0.273 e. The molecule has 2 aromatic rings. The van der Waals surface area contributed by atoms with E-state index in [0.29, 0.717) is 5.56 Å². The van der Waals surface area contributed by atoms with Crippen LogP contribution in [0.25, 0.3) is 0 Å². The van der Waals surface area contributed by atoms with Gasteiger partial charge in [-0.2, -0.15) is 5.10 Å². The molecule has 0 fully saturated rings. The predicted molar refractivity (Wildman–Crippen MR) is 95.6 cm³/mol. The molecule has 0 radical (unpaired) electrons. The molecule has 0 aliphatic rings. The summed E-state index contributed by atoms with van der Waals surface area (Å²) in [4.78, 5) is 13.8. The molecule has 1 atom stereocenters. The number of aliphatic hydroxyl groups excluding tert-OH is 1. The second-order valence-electron chi connectivity index (χ2n) is 5.15. The lowest BCUT2D eigenvalue weighted by Gasteiger charge is -2.14. The number of anilines is 1. The Labute approximate surface area is 143 Å². The maximum atomic E-state index is 11.9. The molecule has 2 rings (SSSR count). The number of halogens is 1. The molecular weight excluding hydrogens is 358 g/mol. The molecule has 0 aliphatic carbocycles. The summed E-state index contributed by atoms with van der Waals surface area (Å²) in [6.45, 7) is 0. The Balaban J connectivity index is 1.99. The summed E-state index contributed by atoms with van der Waals surface area (Å²) < 4.78 is 0.932. The molecule has 0 aliphatic heterocycles. The molecule has 0 heterocycles. The zero-order valence-electron chi connectivity index (χ0n) is 12.9. The number of rotatable bonds is 5. The summed E-state index contributed by atoms with van der Waals surface area (Å²) in [5.41, 5.74) is 4.74. The number of hydrogen-bond acceptors (Lipinski definition) is 4. The van der Waals surface area contributed by atoms with Gasteiger partial charge < -0.3 is 10.0 Å². The Morgan fingerprint density at radius 1 is 1.26 bits per heavy atom. The lowest BCUT2D eigenvalue weighted by molar-refractivity contribution is -0.129. The van der Waals surface area contributed by atoms with Gasteiger partial charge in [0.15, 0.2) is 6.10 Å². The molecule has 0 saturated carbocycles. The van der Waals surface area contributed by atoms with E-state index in [-0.39, 0.29) is 0 Å². The molecule has 0 aromatic heterocycles. The van der Waals surface area contributed by atoms with Crippen molar-refractivity contribution in [3.8, 4) is 0 Å². The highest BCUT2D eigenvalue weighted by molar-refractivity contribution is 9.10. The van der Waals surface area contributed by atoms with Gasteiger partial charge in [0.25, 0.3) is 5.91 Å². The lowest BCUT2D eigenvalue weighted by Crippen LogP contribution is -2.25. The molecule has 5 nitrogen and oxygen atoms in total. The maximum Gasteiger partial charge on any atom is 0.273 e. The van der Waals surface area contributed by atoms with Crippen LogP contribution in [0.4, 0.5) is 5.69 Å². The minimum absolute atomic E-state index is 0.526. The molecular formula is C17H18BrN3O2. The van der Waals surface area contributed by atoms with Gasteiger partial charge in [0.05, 0.1) is 11.9 Å². The van der Waals surface area contributed by atoms with Crippen molar-refractivity contribution in [2.75, 3.05) is 19.0 Å². The lowest BCUT2D eigenvalue weighted by atomic mass is 10.1. The van der Waals surface area contributed by atoms with Crippen LogP contribution in [0.3, 0.4) is 0 Å². The predicted octanol–water partition coefficient (Wildman–Crippen LogP) is 2.70. The fraction of sp³-hybridized carbons (Fsp3) is 0.176. The average Bonchev–Trinajstić information content (AvgIpc) is 2.54. The van der Waals surface area contributed by atoms with Crippen LogP contribution < -0.4 is 10.3 Å². The number of aliphatic hydroxyl groups is 1. The van der Waals surface area contributed by atoms with E-state index in [4.69, 9.17) is 0 Å². The van der Waals surface area contributed by atoms with E-state index in [1.54, 1.807) is 24.3 Å². The van der Waals surface area contributed by atoms with Crippen molar-refractivity contribution in [1.29, 1.82) is 0 Å². The SMILES string of the molecule is CN(C)c1ccc(/C=N\NC(=O)[C@H](O)c2ccccc2)cc1Br. The maximum absolute atomic E-state index is 11.9. The second-order valence-corrected chi connectivity index (χ2v) is 6.01. The minimum Gasteiger partial charge on any atom is -0.378 e. The van der Waals surface area contributed by atoms with Gasteiger partial charge in [0, 0.05) is 18.6 Å². The van der Waals surface area contributed by atoms with Crippen LogP contribution in [0.2, 0.25) is 0 Å². The Hall–Kier alpha value is -2.18. The van der Waals surface area contributed by atoms with Crippen LogP contribution in [0.1, 0.15) is 17.2 Å². The van der Waals surface area contributed by atoms with Crippen LogP contribution in [-0.4, -0.2) is 31.3 Å². The first-order valence-electron chi connectivity index (χ1n) is 7.02. The largest absolute Gasteiger partial charge is 0.378 e. The molecule has 2 N–H and O–H groups in total. The quantitative estimate of drug-likeness (QED) is 0.623. The molecule has 0 saturated heterocycles. The van der Waals surface area contributed by atoms with Crippen molar-refractivity contribution >= 4 is 33.7 Å². The van der Waals surface area contributed by atoms with Crippen LogP contribution in [0, 0.1) is 0 Å². The van der Waals surface area contributed by atoms with Gasteiger partial charge in [-0.1, -0.05) is 36.4 Å². The van der Waals surface area contributed by atoms with E-state index in [9.17, 15) is 9.90 Å². The van der Waals surface area contributed by atoms with Gasteiger partial charge in [-0.25, -0.2) is 5.43 Å². The third-order valence-electron chi connectivity index (χ3n) is 3.21. The average molecular weight is 376 g/mol. The highest BCUT2D eigenvalue weighted by Crippen LogP contribution is 2.25. The number of hydrazone groups is 1. The Kier molecular flexibility index (Phi) is 5.90. The van der Waals surface area contributed by atoms with Crippen molar-refractivity contribution in [3.63, 3.8) is 0 Å². The van der Waals surface area contributed by atoms with Crippen LogP contribution >= 0.6 is 15.9 Å². The number of hydrogen-bond donors (Lipinski definition) is 2. The van der Waals surface area contributed by atoms with Crippen molar-refractivity contribution < 1.29 is 9.90 Å². The van der Waals surface area contributed by atoms with Gasteiger partial charge in [0.1, 0.15) is 0 Å². The fourth-order valence-corrected chi connectivity index (χ4v) is 2.74. The highest BCUT2D eigenvalue weighted by Gasteiger charge is 2.15. The molecule has 1 amide bonds. The van der Waals surface area contributed by atoms with E-state index in [1.165, 1.54) is 6.21 Å². The first-order valence-corrected chi connectivity index (χ1v) is 7.81. The molecule has 2 aromatic carbocycles. The third kappa shape index (κ3) is 4.64. The van der Waals surface area contributed by atoms with E-state index in [0.717, 1.165) is 15.7 Å². The van der Waals surface area contributed by atoms with Crippen LogP contribution in [0.15, 0.2) is 58.1 Å². The number of nitrogens with zero attached hydrogens (tertiary/aromatic N) is 2. The number of carbonyl (C=O) groups excluding carboxylic acids is 1. The highest BCUT2D eigenvalue weighted by atomic mass is 79.9.